The molecule has 86 valence electrons. The molecule has 1 aliphatic carbocycles. The first-order chi connectivity index (χ1) is 7.27. The average Bonchev–Trinajstić information content (AvgIpc) is 2.43. The summed E-state index contributed by atoms with van der Waals surface area (Å²) >= 11 is 2.55. The Labute approximate surface area is 106 Å². The van der Waals surface area contributed by atoms with Crippen molar-refractivity contribution >= 4 is 22.6 Å². The summed E-state index contributed by atoms with van der Waals surface area (Å²) in [7, 11) is 0. The number of hydrogen-bond donors (Lipinski definition) is 0. The Morgan fingerprint density at radius 3 is 2.60 bits per heavy atom. The summed E-state index contributed by atoms with van der Waals surface area (Å²) in [5.41, 5.74) is 1.61. The Balaban J connectivity index is 2.04. The number of nitrogens with zero attached hydrogens (tertiary/aromatic N) is 1. The normalized spacial score (nSPS) is 29.2. The van der Waals surface area contributed by atoms with Gasteiger partial charge < -0.3 is 9.64 Å². The van der Waals surface area contributed by atoms with Gasteiger partial charge in [-0.15, -0.1) is 0 Å². The largest absolute Gasteiger partial charge is 0.378 e. The average molecular weight is 321 g/mol. The van der Waals surface area contributed by atoms with E-state index in [1.165, 1.54) is 25.7 Å². The molecule has 0 bridgehead atoms. The molecular formula is C12H20INO. The van der Waals surface area contributed by atoms with Crippen LogP contribution in [0.3, 0.4) is 0 Å². The lowest BCUT2D eigenvalue weighted by molar-refractivity contribution is 0.0517. The fourth-order valence-corrected chi connectivity index (χ4v) is 3.27. The van der Waals surface area contributed by atoms with Crippen molar-refractivity contribution in [2.75, 3.05) is 26.3 Å². The van der Waals surface area contributed by atoms with Crippen LogP contribution in [-0.4, -0.2) is 31.2 Å². The summed E-state index contributed by atoms with van der Waals surface area (Å²) in [4.78, 5) is 2.54. The van der Waals surface area contributed by atoms with Crippen molar-refractivity contribution in [2.24, 2.45) is 5.92 Å². The Morgan fingerprint density at radius 2 is 1.87 bits per heavy atom. The molecule has 1 heterocycles. The number of morpholine rings is 1. The number of hydrogen-bond acceptors (Lipinski definition) is 2. The van der Waals surface area contributed by atoms with Crippen LogP contribution < -0.4 is 0 Å². The Kier molecular flexibility index (Phi) is 4.31. The highest BCUT2D eigenvalue weighted by molar-refractivity contribution is 14.1. The third kappa shape index (κ3) is 3.09. The maximum absolute atomic E-state index is 5.41. The molecule has 2 aliphatic rings. The van der Waals surface area contributed by atoms with Crippen LogP contribution in [-0.2, 0) is 4.74 Å². The predicted octanol–water partition coefficient (Wildman–Crippen LogP) is 3.18. The molecule has 1 fully saturated rings. The lowest BCUT2D eigenvalue weighted by atomic mass is 10.0. The highest BCUT2D eigenvalue weighted by Gasteiger charge is 2.20. The molecule has 0 aromatic heterocycles. The van der Waals surface area contributed by atoms with Crippen LogP contribution in [0, 0.1) is 5.92 Å². The van der Waals surface area contributed by atoms with Crippen molar-refractivity contribution in [2.45, 2.75) is 32.6 Å². The third-order valence-electron chi connectivity index (χ3n) is 3.44. The topological polar surface area (TPSA) is 12.5 Å². The van der Waals surface area contributed by atoms with E-state index in [-0.39, 0.29) is 0 Å². The van der Waals surface area contributed by atoms with Crippen LogP contribution in [0.1, 0.15) is 32.6 Å². The maximum atomic E-state index is 5.41. The third-order valence-corrected chi connectivity index (χ3v) is 4.60. The second kappa shape index (κ2) is 5.53. The van der Waals surface area contributed by atoms with Gasteiger partial charge in [0.1, 0.15) is 0 Å². The Morgan fingerprint density at radius 1 is 1.20 bits per heavy atom. The molecule has 1 saturated heterocycles. The summed E-state index contributed by atoms with van der Waals surface area (Å²) < 4.78 is 7.01. The van der Waals surface area contributed by atoms with Crippen molar-refractivity contribution in [3.05, 3.63) is 9.28 Å². The molecule has 15 heavy (non-hydrogen) atoms. The highest BCUT2D eigenvalue weighted by atomic mass is 127. The van der Waals surface area contributed by atoms with E-state index in [2.05, 4.69) is 34.4 Å². The molecule has 0 aromatic carbocycles. The molecule has 0 saturated carbocycles. The molecule has 1 unspecified atom stereocenters. The molecule has 2 nitrogen and oxygen atoms in total. The van der Waals surface area contributed by atoms with Gasteiger partial charge in [0.15, 0.2) is 0 Å². The first kappa shape index (κ1) is 11.7. The summed E-state index contributed by atoms with van der Waals surface area (Å²) in [6, 6.07) is 0. The van der Waals surface area contributed by atoms with E-state index in [0.29, 0.717) is 0 Å². The molecule has 1 atom stereocenters. The smallest absolute Gasteiger partial charge is 0.0642 e. The van der Waals surface area contributed by atoms with E-state index in [1.807, 2.05) is 0 Å². The van der Waals surface area contributed by atoms with Gasteiger partial charge in [0.25, 0.3) is 0 Å². The van der Waals surface area contributed by atoms with Crippen LogP contribution in [0.2, 0.25) is 0 Å². The van der Waals surface area contributed by atoms with Crippen LogP contribution in [0.15, 0.2) is 9.28 Å². The van der Waals surface area contributed by atoms with E-state index in [4.69, 9.17) is 4.74 Å². The maximum Gasteiger partial charge on any atom is 0.0642 e. The lowest BCUT2D eigenvalue weighted by Crippen LogP contribution is -2.35. The van der Waals surface area contributed by atoms with Crippen molar-refractivity contribution in [1.29, 1.82) is 0 Å². The summed E-state index contributed by atoms with van der Waals surface area (Å²) in [6.45, 7) is 6.38. The molecule has 2 rings (SSSR count). The molecule has 0 amide bonds. The SMILES string of the molecule is CC1CCC(I)=C(N2CCOCC2)CC1. The van der Waals surface area contributed by atoms with Crippen LogP contribution >= 0.6 is 22.6 Å². The van der Waals surface area contributed by atoms with E-state index in [1.54, 1.807) is 9.28 Å². The van der Waals surface area contributed by atoms with Gasteiger partial charge in [-0.2, -0.15) is 0 Å². The number of rotatable bonds is 1. The standard InChI is InChI=1S/C12H20INO/c1-10-2-4-11(13)12(5-3-10)14-6-8-15-9-7-14/h10H,2-9H2,1H3. The van der Waals surface area contributed by atoms with E-state index < -0.39 is 0 Å². The van der Waals surface area contributed by atoms with Gasteiger partial charge in [-0.1, -0.05) is 6.92 Å². The molecule has 0 radical (unpaired) electrons. The molecule has 3 heteroatoms. The summed E-state index contributed by atoms with van der Waals surface area (Å²) in [5, 5.41) is 0. The minimum absolute atomic E-state index is 0.897. The zero-order valence-corrected chi connectivity index (χ0v) is 11.6. The van der Waals surface area contributed by atoms with Gasteiger partial charge >= 0.3 is 0 Å². The van der Waals surface area contributed by atoms with Crippen LogP contribution in [0.25, 0.3) is 0 Å². The van der Waals surface area contributed by atoms with Gasteiger partial charge in [0, 0.05) is 22.4 Å². The Hall–Kier alpha value is 0.230. The van der Waals surface area contributed by atoms with Crippen molar-refractivity contribution in [1.82, 2.24) is 4.90 Å². The van der Waals surface area contributed by atoms with Gasteiger partial charge in [-0.05, 0) is 54.2 Å². The zero-order chi connectivity index (χ0) is 10.7. The number of halogens is 1. The minimum Gasteiger partial charge on any atom is -0.378 e. The number of allylic oxidation sites excluding steroid dienone is 2. The zero-order valence-electron chi connectivity index (χ0n) is 9.47. The van der Waals surface area contributed by atoms with Crippen LogP contribution in [0.4, 0.5) is 0 Å². The monoisotopic (exact) mass is 321 g/mol. The lowest BCUT2D eigenvalue weighted by Gasteiger charge is -2.31. The minimum atomic E-state index is 0.897. The first-order valence-electron chi connectivity index (χ1n) is 5.97. The summed E-state index contributed by atoms with van der Waals surface area (Å²) in [6.07, 6.45) is 5.29. The van der Waals surface area contributed by atoms with Gasteiger partial charge in [0.05, 0.1) is 13.2 Å². The fourth-order valence-electron chi connectivity index (χ4n) is 2.34. The second-order valence-corrected chi connectivity index (χ2v) is 5.94. The predicted molar refractivity (Wildman–Crippen MR) is 71.1 cm³/mol. The van der Waals surface area contributed by atoms with Crippen LogP contribution in [0.5, 0.6) is 0 Å². The summed E-state index contributed by atoms with van der Waals surface area (Å²) in [5.74, 6) is 0.897. The van der Waals surface area contributed by atoms with Crippen molar-refractivity contribution in [3.8, 4) is 0 Å². The van der Waals surface area contributed by atoms with Gasteiger partial charge in [0.2, 0.25) is 0 Å². The van der Waals surface area contributed by atoms with Gasteiger partial charge in [-0.3, -0.25) is 0 Å². The van der Waals surface area contributed by atoms with Crippen molar-refractivity contribution in [3.63, 3.8) is 0 Å². The molecule has 0 aromatic rings. The van der Waals surface area contributed by atoms with E-state index in [0.717, 1.165) is 32.2 Å². The quantitative estimate of drug-likeness (QED) is 0.688. The second-order valence-electron chi connectivity index (χ2n) is 4.63. The molecule has 0 N–H and O–H groups in total. The van der Waals surface area contributed by atoms with E-state index >= 15 is 0 Å². The van der Waals surface area contributed by atoms with Gasteiger partial charge in [-0.25, -0.2) is 0 Å². The fraction of sp³-hybridized carbons (Fsp3) is 0.833. The highest BCUT2D eigenvalue weighted by Crippen LogP contribution is 2.33. The Bertz CT molecular complexity index is 246. The van der Waals surface area contributed by atoms with E-state index in [9.17, 15) is 0 Å². The molecule has 0 spiro atoms. The number of ether oxygens (including phenoxy) is 1. The first-order valence-corrected chi connectivity index (χ1v) is 7.05. The molecule has 1 aliphatic heterocycles. The van der Waals surface area contributed by atoms with Crippen molar-refractivity contribution < 1.29 is 4.74 Å². The molecular weight excluding hydrogens is 301 g/mol.